The lowest BCUT2D eigenvalue weighted by molar-refractivity contribution is -0.117. The van der Waals surface area contributed by atoms with Crippen LogP contribution in [0.15, 0.2) is 12.2 Å². The SMILES string of the molecule is C=C(C)C(=O)NC(CC)[SiH2]OC. The van der Waals surface area contributed by atoms with Crippen molar-refractivity contribution < 1.29 is 9.22 Å². The Bertz CT molecular complexity index is 170. The number of hydrogen-bond acceptors (Lipinski definition) is 2. The molecule has 0 aromatic heterocycles. The Hall–Kier alpha value is -0.613. The molecular weight excluding hydrogens is 170 g/mol. The molecule has 4 heteroatoms. The molecule has 0 rings (SSSR count). The van der Waals surface area contributed by atoms with Gasteiger partial charge in [-0.1, -0.05) is 13.5 Å². The Balaban J connectivity index is 3.85. The van der Waals surface area contributed by atoms with Crippen LogP contribution in [0.5, 0.6) is 0 Å². The largest absolute Gasteiger partial charge is 0.425 e. The van der Waals surface area contributed by atoms with Crippen LogP contribution in [0.3, 0.4) is 0 Å². The fourth-order valence-corrected chi connectivity index (χ4v) is 1.68. The van der Waals surface area contributed by atoms with E-state index in [0.717, 1.165) is 6.42 Å². The van der Waals surface area contributed by atoms with Gasteiger partial charge in [-0.2, -0.15) is 0 Å². The first kappa shape index (κ1) is 11.4. The monoisotopic (exact) mass is 187 g/mol. The van der Waals surface area contributed by atoms with Gasteiger partial charge in [0.15, 0.2) is 9.76 Å². The molecule has 3 nitrogen and oxygen atoms in total. The smallest absolute Gasteiger partial charge is 0.246 e. The predicted octanol–water partition coefficient (Wildman–Crippen LogP) is 0.145. The van der Waals surface area contributed by atoms with Gasteiger partial charge in [-0.15, -0.1) is 0 Å². The normalized spacial score (nSPS) is 13.2. The minimum absolute atomic E-state index is 0.0635. The molecule has 0 aliphatic heterocycles. The minimum atomic E-state index is -0.612. The number of carbonyl (C=O) groups is 1. The van der Waals surface area contributed by atoms with Gasteiger partial charge in [-0.05, 0) is 13.3 Å². The van der Waals surface area contributed by atoms with Crippen LogP contribution in [0.25, 0.3) is 0 Å². The molecule has 0 aromatic carbocycles. The topological polar surface area (TPSA) is 38.3 Å². The summed E-state index contributed by atoms with van der Waals surface area (Å²) in [4.78, 5) is 11.1. The van der Waals surface area contributed by atoms with Crippen LogP contribution in [0, 0.1) is 0 Å². The van der Waals surface area contributed by atoms with E-state index in [1.807, 2.05) is 6.92 Å². The van der Waals surface area contributed by atoms with E-state index in [0.29, 0.717) is 5.57 Å². The molecule has 0 aliphatic carbocycles. The van der Waals surface area contributed by atoms with Crippen molar-refractivity contribution >= 4 is 15.7 Å². The van der Waals surface area contributed by atoms with Crippen molar-refractivity contribution in [2.24, 2.45) is 0 Å². The van der Waals surface area contributed by atoms with E-state index in [2.05, 4.69) is 11.9 Å². The summed E-state index contributed by atoms with van der Waals surface area (Å²) in [5, 5.41) is 2.87. The third-order valence-corrected chi connectivity index (χ3v) is 3.10. The summed E-state index contributed by atoms with van der Waals surface area (Å²) in [5.74, 6) is -0.0635. The van der Waals surface area contributed by atoms with Crippen LogP contribution >= 0.6 is 0 Å². The van der Waals surface area contributed by atoms with E-state index in [4.69, 9.17) is 4.43 Å². The third-order valence-electron chi connectivity index (χ3n) is 1.58. The maximum absolute atomic E-state index is 11.1. The lowest BCUT2D eigenvalue weighted by Crippen LogP contribution is -2.39. The van der Waals surface area contributed by atoms with Gasteiger partial charge in [0.1, 0.15) is 0 Å². The third kappa shape index (κ3) is 4.30. The molecule has 0 fully saturated rings. The summed E-state index contributed by atoms with van der Waals surface area (Å²) in [5.41, 5.74) is 0.790. The molecule has 0 heterocycles. The number of rotatable bonds is 5. The average Bonchev–Trinajstić information content (AvgIpc) is 2.03. The Morgan fingerprint density at radius 3 is 2.67 bits per heavy atom. The van der Waals surface area contributed by atoms with Crippen LogP contribution in [0.1, 0.15) is 20.3 Å². The van der Waals surface area contributed by atoms with Gasteiger partial charge in [0.25, 0.3) is 0 Å². The van der Waals surface area contributed by atoms with E-state index in [1.165, 1.54) is 0 Å². The molecule has 70 valence electrons. The predicted molar refractivity (Wildman–Crippen MR) is 52.6 cm³/mol. The molecule has 1 atom stereocenters. The lowest BCUT2D eigenvalue weighted by Gasteiger charge is -2.14. The second-order valence-electron chi connectivity index (χ2n) is 2.81. The molecule has 12 heavy (non-hydrogen) atoms. The highest BCUT2D eigenvalue weighted by molar-refractivity contribution is 6.30. The summed E-state index contributed by atoms with van der Waals surface area (Å²) in [6, 6.07) is 0. The first-order valence-corrected chi connectivity index (χ1v) is 5.46. The molecule has 0 saturated heterocycles. The van der Waals surface area contributed by atoms with Crippen LogP contribution in [0.4, 0.5) is 0 Å². The first-order chi connectivity index (χ1) is 5.61. The Labute approximate surface area is 76.1 Å². The van der Waals surface area contributed by atoms with Gasteiger partial charge in [0.05, 0.1) is 0 Å². The fraction of sp³-hybridized carbons (Fsp3) is 0.625. The standard InChI is InChI=1S/C8H17NO2Si/c1-5-7(12-11-4)9-8(10)6(2)3/h7H,2,5,12H2,1,3-4H3,(H,9,10). The maximum atomic E-state index is 11.1. The van der Waals surface area contributed by atoms with Crippen molar-refractivity contribution in [2.45, 2.75) is 25.9 Å². The highest BCUT2D eigenvalue weighted by Crippen LogP contribution is 1.92. The van der Waals surface area contributed by atoms with Crippen molar-refractivity contribution in [1.29, 1.82) is 0 Å². The summed E-state index contributed by atoms with van der Waals surface area (Å²) in [6.07, 6.45) is 0.930. The lowest BCUT2D eigenvalue weighted by atomic mass is 10.3. The van der Waals surface area contributed by atoms with Crippen molar-refractivity contribution in [1.82, 2.24) is 5.32 Å². The number of carbonyl (C=O) groups excluding carboxylic acids is 1. The van der Waals surface area contributed by atoms with Gasteiger partial charge < -0.3 is 9.74 Å². The Kier molecular flexibility index (Phi) is 5.66. The Morgan fingerprint density at radius 1 is 1.75 bits per heavy atom. The Morgan fingerprint density at radius 2 is 2.33 bits per heavy atom. The highest BCUT2D eigenvalue weighted by atomic mass is 28.2. The van der Waals surface area contributed by atoms with Gasteiger partial charge in [0.2, 0.25) is 5.91 Å². The minimum Gasteiger partial charge on any atom is -0.425 e. The molecule has 0 bridgehead atoms. The molecule has 0 aliphatic rings. The number of amides is 1. The average molecular weight is 187 g/mol. The van der Waals surface area contributed by atoms with Crippen LogP contribution in [-0.2, 0) is 9.22 Å². The van der Waals surface area contributed by atoms with Crippen LogP contribution in [-0.4, -0.2) is 28.4 Å². The summed E-state index contributed by atoms with van der Waals surface area (Å²) >= 11 is 0. The molecule has 0 spiro atoms. The summed E-state index contributed by atoms with van der Waals surface area (Å²) in [6.45, 7) is 7.31. The molecule has 1 amide bonds. The number of hydrogen-bond donors (Lipinski definition) is 1. The first-order valence-electron chi connectivity index (χ1n) is 4.07. The second-order valence-corrected chi connectivity index (χ2v) is 4.71. The van der Waals surface area contributed by atoms with Crippen molar-refractivity contribution in [3.05, 3.63) is 12.2 Å². The van der Waals surface area contributed by atoms with Gasteiger partial charge in [0, 0.05) is 18.3 Å². The zero-order valence-corrected chi connectivity index (χ0v) is 9.43. The van der Waals surface area contributed by atoms with Crippen molar-refractivity contribution in [2.75, 3.05) is 7.11 Å². The van der Waals surface area contributed by atoms with Gasteiger partial charge >= 0.3 is 0 Å². The highest BCUT2D eigenvalue weighted by Gasteiger charge is 2.10. The van der Waals surface area contributed by atoms with E-state index >= 15 is 0 Å². The van der Waals surface area contributed by atoms with Crippen molar-refractivity contribution in [3.8, 4) is 0 Å². The number of nitrogens with one attached hydrogen (secondary N) is 1. The fourth-order valence-electron chi connectivity index (χ4n) is 0.771. The molecule has 1 unspecified atom stereocenters. The zero-order chi connectivity index (χ0) is 9.56. The van der Waals surface area contributed by atoms with Gasteiger partial charge in [-0.25, -0.2) is 0 Å². The van der Waals surface area contributed by atoms with Crippen molar-refractivity contribution in [3.63, 3.8) is 0 Å². The van der Waals surface area contributed by atoms with E-state index in [9.17, 15) is 4.79 Å². The van der Waals surface area contributed by atoms with E-state index in [1.54, 1.807) is 14.0 Å². The summed E-state index contributed by atoms with van der Waals surface area (Å²) < 4.78 is 5.07. The van der Waals surface area contributed by atoms with Gasteiger partial charge in [-0.3, -0.25) is 4.79 Å². The molecule has 1 N–H and O–H groups in total. The van der Waals surface area contributed by atoms with E-state index in [-0.39, 0.29) is 11.6 Å². The van der Waals surface area contributed by atoms with E-state index < -0.39 is 9.76 Å². The second kappa shape index (κ2) is 5.96. The molecule has 0 radical (unpaired) electrons. The van der Waals surface area contributed by atoms with Crippen LogP contribution < -0.4 is 5.32 Å². The molecule has 0 saturated carbocycles. The maximum Gasteiger partial charge on any atom is 0.246 e. The summed E-state index contributed by atoms with van der Waals surface area (Å²) in [7, 11) is 1.07. The molecular formula is C8H17NO2Si. The zero-order valence-electron chi connectivity index (χ0n) is 8.02. The molecule has 0 aromatic rings. The van der Waals surface area contributed by atoms with Crippen LogP contribution in [0.2, 0.25) is 0 Å². The quantitative estimate of drug-likeness (QED) is 0.491.